The molecule has 7 nitrogen and oxygen atoms in total. The lowest BCUT2D eigenvalue weighted by Crippen LogP contribution is -2.31. The molecule has 0 spiro atoms. The second-order valence-corrected chi connectivity index (χ2v) is 6.79. The van der Waals surface area contributed by atoms with Crippen LogP contribution in [0.25, 0.3) is 16.6 Å². The third-order valence-corrected chi connectivity index (χ3v) is 4.69. The van der Waals surface area contributed by atoms with Crippen LogP contribution >= 0.6 is 0 Å². The number of aryl methyl sites for hydroxylation is 1. The maximum absolute atomic E-state index is 12.6. The lowest BCUT2D eigenvalue weighted by atomic mass is 10.2. The SMILES string of the molecule is Cc1cccc(-n2nc(C(=O)NCCn3ccc4ccccc43)c(O)cc2=O)c1. The normalized spacial score (nSPS) is 10.9. The monoisotopic (exact) mass is 388 g/mol. The summed E-state index contributed by atoms with van der Waals surface area (Å²) in [6.07, 6.45) is 1.96. The van der Waals surface area contributed by atoms with Crippen LogP contribution in [-0.2, 0) is 6.54 Å². The van der Waals surface area contributed by atoms with Crippen LogP contribution in [0.4, 0.5) is 0 Å². The maximum atomic E-state index is 12.6. The van der Waals surface area contributed by atoms with E-state index in [-0.39, 0.29) is 5.69 Å². The second kappa shape index (κ2) is 7.63. The minimum atomic E-state index is -0.541. The van der Waals surface area contributed by atoms with Gasteiger partial charge in [-0.25, -0.2) is 0 Å². The molecule has 0 unspecified atom stereocenters. The van der Waals surface area contributed by atoms with E-state index in [1.54, 1.807) is 18.2 Å². The Morgan fingerprint density at radius 1 is 1.10 bits per heavy atom. The van der Waals surface area contributed by atoms with Gasteiger partial charge < -0.3 is 15.0 Å². The number of amides is 1. The standard InChI is InChI=1S/C22H20N4O3/c1-15-5-4-7-17(13-15)26-20(28)14-19(27)21(24-26)22(29)23-10-12-25-11-9-16-6-2-3-8-18(16)25/h2-9,11,13-14,27H,10,12H2,1H3,(H,23,29). The molecule has 0 fully saturated rings. The van der Waals surface area contributed by atoms with Crippen LogP contribution in [0.2, 0.25) is 0 Å². The fraction of sp³-hybridized carbons (Fsp3) is 0.136. The Hall–Kier alpha value is -3.87. The van der Waals surface area contributed by atoms with Crippen molar-refractivity contribution in [3.8, 4) is 11.4 Å². The van der Waals surface area contributed by atoms with Gasteiger partial charge >= 0.3 is 0 Å². The van der Waals surface area contributed by atoms with Crippen molar-refractivity contribution in [3.05, 3.63) is 88.5 Å². The molecule has 0 aliphatic carbocycles. The highest BCUT2D eigenvalue weighted by molar-refractivity contribution is 5.94. The summed E-state index contributed by atoms with van der Waals surface area (Å²) >= 11 is 0. The third kappa shape index (κ3) is 3.75. The first-order chi connectivity index (χ1) is 14.0. The lowest BCUT2D eigenvalue weighted by molar-refractivity contribution is 0.0942. The zero-order chi connectivity index (χ0) is 20.4. The van der Waals surface area contributed by atoms with E-state index in [9.17, 15) is 14.7 Å². The van der Waals surface area contributed by atoms with Gasteiger partial charge in [0.05, 0.1) is 5.69 Å². The van der Waals surface area contributed by atoms with E-state index in [2.05, 4.69) is 10.4 Å². The summed E-state index contributed by atoms with van der Waals surface area (Å²) in [6, 6.07) is 18.2. The van der Waals surface area contributed by atoms with Crippen molar-refractivity contribution in [1.29, 1.82) is 0 Å². The molecule has 0 aliphatic rings. The fourth-order valence-electron chi connectivity index (χ4n) is 3.26. The van der Waals surface area contributed by atoms with Crippen molar-refractivity contribution >= 4 is 16.8 Å². The van der Waals surface area contributed by atoms with Crippen LogP contribution in [0.15, 0.2) is 71.7 Å². The van der Waals surface area contributed by atoms with Crippen molar-refractivity contribution in [2.45, 2.75) is 13.5 Å². The van der Waals surface area contributed by atoms with Crippen molar-refractivity contribution in [2.75, 3.05) is 6.54 Å². The Morgan fingerprint density at radius 3 is 2.76 bits per heavy atom. The maximum Gasteiger partial charge on any atom is 0.275 e. The Bertz CT molecular complexity index is 1260. The van der Waals surface area contributed by atoms with E-state index in [0.29, 0.717) is 18.8 Å². The molecule has 0 radical (unpaired) electrons. The number of hydrogen-bond donors (Lipinski definition) is 2. The number of carbonyl (C=O) groups is 1. The first kappa shape index (κ1) is 18.5. The van der Waals surface area contributed by atoms with E-state index < -0.39 is 17.2 Å². The van der Waals surface area contributed by atoms with Gasteiger partial charge in [0.2, 0.25) is 0 Å². The highest BCUT2D eigenvalue weighted by Gasteiger charge is 2.16. The van der Waals surface area contributed by atoms with E-state index >= 15 is 0 Å². The number of benzene rings is 2. The van der Waals surface area contributed by atoms with E-state index in [4.69, 9.17) is 0 Å². The molecule has 146 valence electrons. The topological polar surface area (TPSA) is 89.2 Å². The molecule has 4 rings (SSSR count). The number of hydrogen-bond acceptors (Lipinski definition) is 4. The molecule has 0 saturated carbocycles. The molecule has 0 bridgehead atoms. The van der Waals surface area contributed by atoms with Gasteiger partial charge in [0.15, 0.2) is 11.4 Å². The Morgan fingerprint density at radius 2 is 1.93 bits per heavy atom. The number of carbonyl (C=O) groups excluding carboxylic acids is 1. The average Bonchev–Trinajstić information content (AvgIpc) is 3.11. The summed E-state index contributed by atoms with van der Waals surface area (Å²) in [7, 11) is 0. The summed E-state index contributed by atoms with van der Waals surface area (Å²) in [5.74, 6) is -0.983. The molecule has 4 aromatic rings. The number of nitrogens with zero attached hydrogens (tertiary/aromatic N) is 3. The number of rotatable bonds is 5. The molecule has 2 aromatic heterocycles. The van der Waals surface area contributed by atoms with Gasteiger partial charge in [-0.05, 0) is 42.1 Å². The minimum Gasteiger partial charge on any atom is -0.505 e. The van der Waals surface area contributed by atoms with Crippen molar-refractivity contribution in [1.82, 2.24) is 19.7 Å². The summed E-state index contributed by atoms with van der Waals surface area (Å²) in [5, 5.41) is 18.0. The zero-order valence-electron chi connectivity index (χ0n) is 15.9. The van der Waals surface area contributed by atoms with Crippen LogP contribution in [0, 0.1) is 6.92 Å². The van der Waals surface area contributed by atoms with Gasteiger partial charge in [-0.15, -0.1) is 0 Å². The number of fused-ring (bicyclic) bond motifs is 1. The summed E-state index contributed by atoms with van der Waals surface area (Å²) in [5.41, 5.74) is 1.86. The summed E-state index contributed by atoms with van der Waals surface area (Å²) in [4.78, 5) is 24.8. The minimum absolute atomic E-state index is 0.191. The molecular formula is C22H20N4O3. The summed E-state index contributed by atoms with van der Waals surface area (Å²) < 4.78 is 3.15. The average molecular weight is 388 g/mol. The predicted molar refractivity (Wildman–Crippen MR) is 111 cm³/mol. The Kier molecular flexibility index (Phi) is 4.87. The Labute approximate surface area is 166 Å². The van der Waals surface area contributed by atoms with E-state index in [1.165, 1.54) is 0 Å². The number of aromatic hydroxyl groups is 1. The number of aromatic nitrogens is 3. The zero-order valence-corrected chi connectivity index (χ0v) is 15.9. The van der Waals surface area contributed by atoms with Crippen LogP contribution in [0.3, 0.4) is 0 Å². The molecule has 29 heavy (non-hydrogen) atoms. The highest BCUT2D eigenvalue weighted by atomic mass is 16.3. The second-order valence-electron chi connectivity index (χ2n) is 6.79. The summed E-state index contributed by atoms with van der Waals surface area (Å²) in [6.45, 7) is 2.81. The van der Waals surface area contributed by atoms with Crippen molar-refractivity contribution < 1.29 is 9.90 Å². The lowest BCUT2D eigenvalue weighted by Gasteiger charge is -2.10. The van der Waals surface area contributed by atoms with Crippen LogP contribution in [0.1, 0.15) is 16.1 Å². The molecule has 0 saturated heterocycles. The molecule has 0 atom stereocenters. The van der Waals surface area contributed by atoms with E-state index in [0.717, 1.165) is 27.2 Å². The first-order valence-electron chi connectivity index (χ1n) is 9.25. The van der Waals surface area contributed by atoms with Crippen LogP contribution in [0.5, 0.6) is 5.75 Å². The van der Waals surface area contributed by atoms with E-state index in [1.807, 2.05) is 54.1 Å². The first-order valence-corrected chi connectivity index (χ1v) is 9.25. The molecule has 2 heterocycles. The molecule has 2 N–H and O–H groups in total. The highest BCUT2D eigenvalue weighted by Crippen LogP contribution is 2.15. The van der Waals surface area contributed by atoms with Gasteiger partial charge in [0, 0.05) is 30.9 Å². The van der Waals surface area contributed by atoms with Gasteiger partial charge in [-0.2, -0.15) is 9.78 Å². The molecule has 0 aliphatic heterocycles. The number of nitrogens with one attached hydrogen (secondary N) is 1. The molecular weight excluding hydrogens is 368 g/mol. The van der Waals surface area contributed by atoms with Crippen molar-refractivity contribution in [3.63, 3.8) is 0 Å². The smallest absolute Gasteiger partial charge is 0.275 e. The Balaban J connectivity index is 1.52. The molecule has 2 aromatic carbocycles. The van der Waals surface area contributed by atoms with Gasteiger partial charge in [-0.3, -0.25) is 9.59 Å². The van der Waals surface area contributed by atoms with Crippen molar-refractivity contribution in [2.24, 2.45) is 0 Å². The molecule has 1 amide bonds. The number of para-hydroxylation sites is 1. The quantitative estimate of drug-likeness (QED) is 0.550. The predicted octanol–water partition coefficient (Wildman–Crippen LogP) is 2.63. The van der Waals surface area contributed by atoms with Crippen LogP contribution < -0.4 is 10.9 Å². The fourth-order valence-corrected chi connectivity index (χ4v) is 3.26. The third-order valence-electron chi connectivity index (χ3n) is 4.69. The largest absolute Gasteiger partial charge is 0.505 e. The molecule has 7 heteroatoms. The van der Waals surface area contributed by atoms with Gasteiger partial charge in [0.25, 0.3) is 11.5 Å². The van der Waals surface area contributed by atoms with Gasteiger partial charge in [-0.1, -0.05) is 30.3 Å². The van der Waals surface area contributed by atoms with Crippen LogP contribution in [-0.4, -0.2) is 31.9 Å². The van der Waals surface area contributed by atoms with Gasteiger partial charge in [0.1, 0.15) is 0 Å².